The molecule has 0 saturated heterocycles. The van der Waals surface area contributed by atoms with E-state index in [-0.39, 0.29) is 12.0 Å². The zero-order valence-corrected chi connectivity index (χ0v) is 31.1. The minimum atomic E-state index is -0.0521. The van der Waals surface area contributed by atoms with Crippen LogP contribution in [-0.4, -0.2) is 24.4 Å². The smallest absolute Gasteiger partial charge is 0.128 e. The third-order valence-corrected chi connectivity index (χ3v) is 12.6. The fraction of sp³-hybridized carbons (Fsp3) is 0.0769. The maximum absolute atomic E-state index is 6.63. The summed E-state index contributed by atoms with van der Waals surface area (Å²) in [5.41, 5.74) is 14.6. The van der Waals surface area contributed by atoms with E-state index in [9.17, 15) is 0 Å². The van der Waals surface area contributed by atoms with Crippen molar-refractivity contribution < 1.29 is 4.74 Å². The summed E-state index contributed by atoms with van der Waals surface area (Å²) in [6.07, 6.45) is 18.0. The van der Waals surface area contributed by atoms with E-state index in [1.807, 2.05) is 0 Å². The first kappa shape index (κ1) is 31.0. The lowest BCUT2D eigenvalue weighted by Gasteiger charge is -2.20. The van der Waals surface area contributed by atoms with Gasteiger partial charge in [-0.2, -0.15) is 0 Å². The molecular weight excluding hydrogens is 697 g/mol. The molecule has 57 heavy (non-hydrogen) atoms. The van der Waals surface area contributed by atoms with Gasteiger partial charge in [-0.05, 0) is 133 Å². The SMILES string of the molecule is C1=Cc2c(ccn2-c2ccc3c(c2)c2ccccc2n3C2=CC3c4cc(-n5c6ccccc6c6cc(-n7ccc8ccccc87)ccc65)ccc4OC3C=C2)CC1. The van der Waals surface area contributed by atoms with Gasteiger partial charge in [0.1, 0.15) is 11.9 Å². The van der Waals surface area contributed by atoms with E-state index in [2.05, 4.69) is 201 Å². The lowest BCUT2D eigenvalue weighted by Crippen LogP contribution is -2.18. The average Bonchev–Trinajstić information content (AvgIpc) is 4.09. The van der Waals surface area contributed by atoms with Gasteiger partial charge in [0.25, 0.3) is 0 Å². The van der Waals surface area contributed by atoms with Crippen molar-refractivity contribution >= 4 is 66.3 Å². The molecule has 2 atom stereocenters. The van der Waals surface area contributed by atoms with E-state index >= 15 is 0 Å². The molecule has 1 aliphatic heterocycles. The van der Waals surface area contributed by atoms with Gasteiger partial charge in [0.2, 0.25) is 0 Å². The number of hydrogen-bond donors (Lipinski definition) is 0. The molecule has 6 aromatic carbocycles. The van der Waals surface area contributed by atoms with Gasteiger partial charge in [0.05, 0.1) is 27.6 Å². The van der Waals surface area contributed by atoms with E-state index in [0.29, 0.717) is 0 Å². The van der Waals surface area contributed by atoms with E-state index in [1.165, 1.54) is 82.7 Å². The Hall–Kier alpha value is -7.24. The van der Waals surface area contributed by atoms with Gasteiger partial charge in [-0.1, -0.05) is 60.7 Å². The minimum absolute atomic E-state index is 0.0521. The summed E-state index contributed by atoms with van der Waals surface area (Å²) in [4.78, 5) is 0. The zero-order chi connectivity index (χ0) is 37.2. The lowest BCUT2D eigenvalue weighted by molar-refractivity contribution is 0.269. The first-order valence-corrected chi connectivity index (χ1v) is 20.0. The molecule has 5 heterocycles. The second-order valence-corrected chi connectivity index (χ2v) is 15.7. The van der Waals surface area contributed by atoms with Crippen LogP contribution in [0.15, 0.2) is 176 Å². The van der Waals surface area contributed by atoms with Crippen LogP contribution in [0.1, 0.15) is 29.2 Å². The molecule has 0 fully saturated rings. The molecule has 270 valence electrons. The van der Waals surface area contributed by atoms with Crippen LogP contribution < -0.4 is 4.74 Å². The van der Waals surface area contributed by atoms with Crippen LogP contribution in [0.5, 0.6) is 5.75 Å². The Kier molecular flexibility index (Phi) is 6.33. The number of nitrogens with zero attached hydrogens (tertiary/aromatic N) is 4. The van der Waals surface area contributed by atoms with Crippen molar-refractivity contribution in [3.05, 3.63) is 193 Å². The van der Waals surface area contributed by atoms with Crippen LogP contribution in [0.3, 0.4) is 0 Å². The number of allylic oxidation sites excluding steroid dienone is 3. The van der Waals surface area contributed by atoms with Crippen molar-refractivity contribution in [1.82, 2.24) is 18.3 Å². The number of aryl methyl sites for hydroxylation is 1. The topological polar surface area (TPSA) is 28.9 Å². The van der Waals surface area contributed by atoms with Crippen molar-refractivity contribution in [2.75, 3.05) is 0 Å². The molecule has 5 heteroatoms. The summed E-state index contributed by atoms with van der Waals surface area (Å²) in [5, 5.41) is 6.23. The van der Waals surface area contributed by atoms with Gasteiger partial charge >= 0.3 is 0 Å². The van der Waals surface area contributed by atoms with Crippen LogP contribution in [0, 0.1) is 0 Å². The van der Waals surface area contributed by atoms with Crippen molar-refractivity contribution in [3.63, 3.8) is 0 Å². The summed E-state index contributed by atoms with van der Waals surface area (Å²) < 4.78 is 16.1. The number of fused-ring (bicyclic) bond motifs is 11. The Morgan fingerprint density at radius 3 is 2.02 bits per heavy atom. The summed E-state index contributed by atoms with van der Waals surface area (Å²) in [5.74, 6) is 1.03. The molecule has 2 aliphatic carbocycles. The average molecular weight is 733 g/mol. The largest absolute Gasteiger partial charge is 0.485 e. The molecule has 13 rings (SSSR count). The van der Waals surface area contributed by atoms with E-state index < -0.39 is 0 Å². The summed E-state index contributed by atoms with van der Waals surface area (Å²) in [6.45, 7) is 0. The highest BCUT2D eigenvalue weighted by molar-refractivity contribution is 6.12. The fourth-order valence-electron chi connectivity index (χ4n) is 9.99. The Bertz CT molecular complexity index is 3410. The molecule has 0 radical (unpaired) electrons. The molecule has 0 bridgehead atoms. The molecule has 5 nitrogen and oxygen atoms in total. The van der Waals surface area contributed by atoms with E-state index in [4.69, 9.17) is 4.74 Å². The van der Waals surface area contributed by atoms with Crippen LogP contribution >= 0.6 is 0 Å². The van der Waals surface area contributed by atoms with Gasteiger partial charge in [-0.25, -0.2) is 0 Å². The second-order valence-electron chi connectivity index (χ2n) is 15.7. The molecule has 3 aliphatic rings. The molecule has 4 aromatic heterocycles. The maximum Gasteiger partial charge on any atom is 0.128 e. The van der Waals surface area contributed by atoms with Crippen LogP contribution in [0.25, 0.3) is 83.3 Å². The highest BCUT2D eigenvalue weighted by Crippen LogP contribution is 2.46. The summed E-state index contributed by atoms with van der Waals surface area (Å²) in [6, 6.07) is 51.2. The van der Waals surface area contributed by atoms with Gasteiger partial charge in [-0.3, -0.25) is 0 Å². The van der Waals surface area contributed by atoms with Gasteiger partial charge in [0, 0.05) is 73.9 Å². The van der Waals surface area contributed by atoms with Gasteiger partial charge in [0.15, 0.2) is 0 Å². The highest BCUT2D eigenvalue weighted by Gasteiger charge is 2.35. The van der Waals surface area contributed by atoms with Crippen molar-refractivity contribution in [1.29, 1.82) is 0 Å². The van der Waals surface area contributed by atoms with E-state index in [1.54, 1.807) is 0 Å². The molecule has 0 amide bonds. The Labute approximate surface area is 328 Å². The maximum atomic E-state index is 6.63. The standard InChI is InChI=1S/C52H36N4O/c1-5-13-45-33(9-1)25-27-53(45)35-17-21-49-41(29-35)39-11-3-7-15-47(39)55(49)37-19-23-51-43(31-37)44-32-38(20-24-52(44)57-51)56-48-16-8-4-12-40(48)42-30-36(18-22-50(42)56)54-28-26-34-10-2-6-14-46(34)54/h1,3-9,11-32,44,52H,2,10H2. The molecular formula is C52H36N4O. The number of hydrogen-bond acceptors (Lipinski definition) is 1. The molecule has 0 N–H and O–H groups in total. The third-order valence-electron chi connectivity index (χ3n) is 12.6. The minimum Gasteiger partial charge on any atom is -0.485 e. The summed E-state index contributed by atoms with van der Waals surface area (Å²) >= 11 is 0. The monoisotopic (exact) mass is 732 g/mol. The van der Waals surface area contributed by atoms with Crippen LogP contribution in [-0.2, 0) is 6.42 Å². The molecule has 2 unspecified atom stereocenters. The van der Waals surface area contributed by atoms with Gasteiger partial charge in [-0.15, -0.1) is 0 Å². The van der Waals surface area contributed by atoms with Gasteiger partial charge < -0.3 is 23.0 Å². The number of aromatic nitrogens is 4. The van der Waals surface area contributed by atoms with Crippen LogP contribution in [0.2, 0.25) is 0 Å². The quantitative estimate of drug-likeness (QED) is 0.177. The predicted molar refractivity (Wildman–Crippen MR) is 234 cm³/mol. The number of para-hydroxylation sites is 3. The Balaban J connectivity index is 0.927. The summed E-state index contributed by atoms with van der Waals surface area (Å²) in [7, 11) is 0. The second kappa shape index (κ2) is 11.6. The fourth-order valence-corrected chi connectivity index (χ4v) is 9.99. The van der Waals surface area contributed by atoms with E-state index in [0.717, 1.165) is 30.0 Å². The van der Waals surface area contributed by atoms with Crippen LogP contribution in [0.4, 0.5) is 0 Å². The molecule has 0 saturated carbocycles. The number of rotatable bonds is 4. The molecule has 0 spiro atoms. The highest BCUT2D eigenvalue weighted by atomic mass is 16.5. The first-order valence-electron chi connectivity index (χ1n) is 20.0. The number of ether oxygens (including phenoxy) is 1. The van der Waals surface area contributed by atoms with Crippen molar-refractivity contribution in [3.8, 4) is 22.8 Å². The first-order chi connectivity index (χ1) is 28.2. The Morgan fingerprint density at radius 2 is 1.19 bits per heavy atom. The van der Waals surface area contributed by atoms with Crippen molar-refractivity contribution in [2.45, 2.75) is 24.9 Å². The normalized spacial score (nSPS) is 17.1. The number of benzene rings is 6. The van der Waals surface area contributed by atoms with Crippen molar-refractivity contribution in [2.24, 2.45) is 0 Å². The third kappa shape index (κ3) is 4.45. The molecule has 10 aromatic rings. The predicted octanol–water partition coefficient (Wildman–Crippen LogP) is 12.5. The zero-order valence-electron chi connectivity index (χ0n) is 31.1. The Morgan fingerprint density at radius 1 is 0.526 bits per heavy atom. The lowest BCUT2D eigenvalue weighted by atomic mass is 9.90.